The van der Waals surface area contributed by atoms with Crippen LogP contribution in [0, 0.1) is 52.3 Å². The van der Waals surface area contributed by atoms with Gasteiger partial charge in [-0.1, -0.05) is 34.6 Å². The molecular formula is C33H57NO5. The number of carbonyl (C=O) groups excluding carboxylic acids is 2. The summed E-state index contributed by atoms with van der Waals surface area (Å²) in [6.45, 7) is 13.9. The smallest absolute Gasteiger partial charge is 0.322 e. The maximum atomic E-state index is 12.2. The molecule has 4 fully saturated rings. The number of fused-ring (bicyclic) bond motifs is 5. The average Bonchev–Trinajstić information content (AvgIpc) is 3.24. The first-order chi connectivity index (χ1) is 18.4. The van der Waals surface area contributed by atoms with Gasteiger partial charge in [-0.2, -0.15) is 0 Å². The van der Waals surface area contributed by atoms with Crippen LogP contribution in [0.3, 0.4) is 0 Å². The molecule has 0 aromatic heterocycles. The topological polar surface area (TPSA) is 84.9 Å². The lowest BCUT2D eigenvalue weighted by Crippen LogP contribution is -2.59. The van der Waals surface area contributed by atoms with Crippen molar-refractivity contribution >= 4 is 11.9 Å². The Bertz CT molecular complexity index is 861. The van der Waals surface area contributed by atoms with E-state index in [0.29, 0.717) is 41.4 Å². The van der Waals surface area contributed by atoms with Gasteiger partial charge in [0.1, 0.15) is 12.1 Å². The van der Waals surface area contributed by atoms with Crippen molar-refractivity contribution in [3.05, 3.63) is 0 Å². The van der Waals surface area contributed by atoms with Crippen LogP contribution in [0.1, 0.15) is 112 Å². The Labute approximate surface area is 237 Å². The lowest BCUT2D eigenvalue weighted by atomic mass is 9.43. The Morgan fingerprint density at radius 2 is 1.77 bits per heavy atom. The number of ether oxygens (including phenoxy) is 2. The summed E-state index contributed by atoms with van der Waals surface area (Å²) in [6, 6.07) is -0.226. The molecule has 1 unspecified atom stereocenters. The first kappa shape index (κ1) is 30.8. The van der Waals surface area contributed by atoms with Crippen molar-refractivity contribution < 1.29 is 24.2 Å². The normalized spacial score (nSPS) is 41.2. The Kier molecular flexibility index (Phi) is 9.79. The van der Waals surface area contributed by atoms with Crippen LogP contribution in [0.5, 0.6) is 0 Å². The molecule has 6 nitrogen and oxygen atoms in total. The second-order valence-corrected chi connectivity index (χ2v) is 14.7. The fourth-order valence-corrected chi connectivity index (χ4v) is 10.3. The second kappa shape index (κ2) is 12.4. The summed E-state index contributed by atoms with van der Waals surface area (Å²) in [5, 5.41) is 15.3. The zero-order valence-corrected chi connectivity index (χ0v) is 25.8. The lowest BCUT2D eigenvalue weighted by Gasteiger charge is -2.62. The second-order valence-electron chi connectivity index (χ2n) is 14.7. The summed E-state index contributed by atoms with van der Waals surface area (Å²) < 4.78 is 10.7. The van der Waals surface area contributed by atoms with E-state index in [1.165, 1.54) is 39.7 Å². The van der Waals surface area contributed by atoms with Crippen molar-refractivity contribution in [2.45, 2.75) is 130 Å². The van der Waals surface area contributed by atoms with Crippen LogP contribution < -0.4 is 5.32 Å². The molecule has 0 heterocycles. The number of methoxy groups -OCH3 is 1. The van der Waals surface area contributed by atoms with Gasteiger partial charge in [0.15, 0.2) is 0 Å². The Morgan fingerprint density at radius 3 is 2.44 bits per heavy atom. The molecule has 4 saturated carbocycles. The third-order valence-electron chi connectivity index (χ3n) is 12.2. The Hall–Kier alpha value is -1.14. The highest BCUT2D eigenvalue weighted by Crippen LogP contribution is 2.68. The maximum Gasteiger partial charge on any atom is 0.322 e. The molecule has 39 heavy (non-hydrogen) atoms. The highest BCUT2D eigenvalue weighted by Gasteiger charge is 2.63. The summed E-state index contributed by atoms with van der Waals surface area (Å²) >= 11 is 0. The monoisotopic (exact) mass is 547 g/mol. The van der Waals surface area contributed by atoms with E-state index in [1.807, 2.05) is 0 Å². The Balaban J connectivity index is 1.36. The van der Waals surface area contributed by atoms with E-state index in [1.54, 1.807) is 0 Å². The SMILES string of the molecule is COC(=O)C(CC(C)C)NCCC[C@@H](C)[C@H]1CC[C@H]2[C@@H]3CC[C@@H]4C[C@H](OC(C)=O)CC[C@]4(C)[C@H]3C[C@H](O)[C@]12C. The minimum Gasteiger partial charge on any atom is -0.468 e. The van der Waals surface area contributed by atoms with E-state index in [-0.39, 0.29) is 41.0 Å². The van der Waals surface area contributed by atoms with Crippen molar-refractivity contribution in [1.82, 2.24) is 5.32 Å². The molecule has 0 aliphatic heterocycles. The van der Waals surface area contributed by atoms with Crippen molar-refractivity contribution in [3.8, 4) is 0 Å². The van der Waals surface area contributed by atoms with Gasteiger partial charge in [-0.05, 0) is 129 Å². The van der Waals surface area contributed by atoms with E-state index in [0.717, 1.165) is 51.5 Å². The van der Waals surface area contributed by atoms with Gasteiger partial charge in [-0.15, -0.1) is 0 Å². The van der Waals surface area contributed by atoms with Crippen LogP contribution in [-0.2, 0) is 19.1 Å². The molecule has 4 rings (SSSR count). The maximum absolute atomic E-state index is 12.2. The molecule has 6 heteroatoms. The minimum absolute atomic E-state index is 0.00164. The van der Waals surface area contributed by atoms with Gasteiger partial charge in [0.2, 0.25) is 0 Å². The Morgan fingerprint density at radius 1 is 1.03 bits per heavy atom. The summed E-state index contributed by atoms with van der Waals surface area (Å²) in [5.74, 6) is 3.73. The number of rotatable bonds is 10. The van der Waals surface area contributed by atoms with Gasteiger partial charge in [0, 0.05) is 6.92 Å². The van der Waals surface area contributed by atoms with Gasteiger partial charge in [-0.25, -0.2) is 0 Å². The number of aliphatic hydroxyl groups excluding tert-OH is 1. The lowest BCUT2D eigenvalue weighted by molar-refractivity contribution is -0.181. The van der Waals surface area contributed by atoms with Crippen LogP contribution in [0.25, 0.3) is 0 Å². The third-order valence-corrected chi connectivity index (χ3v) is 12.2. The van der Waals surface area contributed by atoms with Crippen molar-refractivity contribution in [3.63, 3.8) is 0 Å². The van der Waals surface area contributed by atoms with Crippen molar-refractivity contribution in [1.29, 1.82) is 0 Å². The fraction of sp³-hybridized carbons (Fsp3) is 0.939. The molecule has 0 radical (unpaired) electrons. The molecule has 2 N–H and O–H groups in total. The molecule has 4 aliphatic carbocycles. The summed E-state index contributed by atoms with van der Waals surface area (Å²) in [6.07, 6.45) is 11.8. The highest BCUT2D eigenvalue weighted by atomic mass is 16.5. The molecule has 0 spiro atoms. The van der Waals surface area contributed by atoms with E-state index in [2.05, 4.69) is 39.9 Å². The molecule has 11 atom stereocenters. The number of esters is 2. The van der Waals surface area contributed by atoms with Crippen LogP contribution >= 0.6 is 0 Å². The van der Waals surface area contributed by atoms with Gasteiger partial charge in [0.05, 0.1) is 13.2 Å². The molecular weight excluding hydrogens is 490 g/mol. The fourth-order valence-electron chi connectivity index (χ4n) is 10.3. The molecule has 0 bridgehead atoms. The van der Waals surface area contributed by atoms with Crippen LogP contribution in [-0.4, -0.2) is 48.9 Å². The molecule has 4 aliphatic rings. The predicted octanol–water partition coefficient (Wildman–Crippen LogP) is 6.14. The molecule has 224 valence electrons. The van der Waals surface area contributed by atoms with Gasteiger partial charge in [-0.3, -0.25) is 9.59 Å². The number of aliphatic hydroxyl groups is 1. The molecule has 0 aromatic carbocycles. The average molecular weight is 548 g/mol. The quantitative estimate of drug-likeness (QED) is 0.252. The van der Waals surface area contributed by atoms with Crippen LogP contribution in [0.2, 0.25) is 0 Å². The number of nitrogens with one attached hydrogen (secondary N) is 1. The predicted molar refractivity (Wildman–Crippen MR) is 154 cm³/mol. The summed E-state index contributed by atoms with van der Waals surface area (Å²) in [5.41, 5.74) is 0.252. The largest absolute Gasteiger partial charge is 0.468 e. The van der Waals surface area contributed by atoms with Crippen molar-refractivity contribution in [2.75, 3.05) is 13.7 Å². The number of carbonyl (C=O) groups is 2. The number of hydrogen-bond acceptors (Lipinski definition) is 6. The van der Waals surface area contributed by atoms with Crippen LogP contribution in [0.15, 0.2) is 0 Å². The minimum atomic E-state index is -0.242. The molecule has 0 saturated heterocycles. The summed E-state index contributed by atoms with van der Waals surface area (Å²) in [4.78, 5) is 23.8. The van der Waals surface area contributed by atoms with E-state index in [4.69, 9.17) is 9.47 Å². The van der Waals surface area contributed by atoms with Crippen molar-refractivity contribution in [2.24, 2.45) is 52.3 Å². The van der Waals surface area contributed by atoms with E-state index < -0.39 is 0 Å². The first-order valence-corrected chi connectivity index (χ1v) is 16.1. The third kappa shape index (κ3) is 6.08. The number of hydrogen-bond donors (Lipinski definition) is 2. The van der Waals surface area contributed by atoms with Gasteiger partial charge in [0.25, 0.3) is 0 Å². The van der Waals surface area contributed by atoms with Gasteiger partial charge >= 0.3 is 11.9 Å². The van der Waals surface area contributed by atoms with Gasteiger partial charge < -0.3 is 19.9 Å². The standard InChI is InChI=1S/C33H57NO5/c1-20(2)17-29(31(37)38-7)34-16-8-9-21(3)26-12-13-27-25-11-10-23-18-24(39-22(4)35)14-15-32(23,5)28(25)19-30(36)33(26,27)6/h20-21,23-30,34,36H,8-19H2,1-7H3/t21-,23-,24-,25+,26-,27+,28+,29?,30+,32+,33-/m1/s1. The first-order valence-electron chi connectivity index (χ1n) is 16.1. The molecule has 0 amide bonds. The van der Waals surface area contributed by atoms with E-state index in [9.17, 15) is 14.7 Å². The van der Waals surface area contributed by atoms with E-state index >= 15 is 0 Å². The zero-order chi connectivity index (χ0) is 28.5. The molecule has 0 aromatic rings. The highest BCUT2D eigenvalue weighted by molar-refractivity contribution is 5.75. The summed E-state index contributed by atoms with van der Waals surface area (Å²) in [7, 11) is 1.47. The van der Waals surface area contributed by atoms with Crippen LogP contribution in [0.4, 0.5) is 0 Å². The zero-order valence-electron chi connectivity index (χ0n) is 25.8.